The molecule has 0 aliphatic carbocycles. The standard InChI is InChI=1S/C22H29B2N3O2/c23-20(17-6-5-10-25-15-17)21(24)22(29)26-11-3-1-2-4-12-27-13-9-16-14-18(28)7-8-19(16)27/h5-10,13-15,20-21,28H,1-4,11-12,23-24H2,(H,26,29)/t20-,21+/m1/s1. The molecule has 1 amide bonds. The van der Waals surface area contributed by atoms with E-state index in [9.17, 15) is 9.90 Å². The maximum absolute atomic E-state index is 12.4. The van der Waals surface area contributed by atoms with E-state index in [1.165, 1.54) is 0 Å². The average Bonchev–Trinajstić information content (AvgIpc) is 3.14. The molecule has 0 fully saturated rings. The largest absolute Gasteiger partial charge is 0.508 e. The zero-order valence-corrected chi connectivity index (χ0v) is 17.3. The lowest BCUT2D eigenvalue weighted by Gasteiger charge is -2.19. The second-order valence-electron chi connectivity index (χ2n) is 7.82. The van der Waals surface area contributed by atoms with E-state index in [0.29, 0.717) is 5.75 Å². The number of rotatable bonds is 10. The first kappa shape index (κ1) is 21.0. The summed E-state index contributed by atoms with van der Waals surface area (Å²) in [6.45, 7) is 1.70. The maximum Gasteiger partial charge on any atom is 0.214 e. The first-order valence-electron chi connectivity index (χ1n) is 10.5. The molecule has 150 valence electrons. The Morgan fingerprint density at radius 2 is 1.97 bits per heavy atom. The number of aryl methyl sites for hydroxylation is 1. The molecule has 1 aromatic carbocycles. The smallest absolute Gasteiger partial charge is 0.214 e. The van der Waals surface area contributed by atoms with Gasteiger partial charge in [-0.05, 0) is 54.6 Å². The number of fused-ring (bicyclic) bond motifs is 1. The van der Waals surface area contributed by atoms with Gasteiger partial charge >= 0.3 is 0 Å². The molecule has 2 heterocycles. The fourth-order valence-electron chi connectivity index (χ4n) is 3.68. The summed E-state index contributed by atoms with van der Waals surface area (Å²) >= 11 is 0. The van der Waals surface area contributed by atoms with Crippen LogP contribution in [0.15, 0.2) is 55.0 Å². The van der Waals surface area contributed by atoms with Crippen molar-refractivity contribution >= 4 is 32.5 Å². The van der Waals surface area contributed by atoms with Crippen LogP contribution in [0.5, 0.6) is 5.75 Å². The minimum absolute atomic E-state index is 0.0688. The highest BCUT2D eigenvalue weighted by Gasteiger charge is 2.21. The van der Waals surface area contributed by atoms with Crippen molar-refractivity contribution in [2.24, 2.45) is 0 Å². The lowest BCUT2D eigenvalue weighted by Crippen LogP contribution is -2.31. The van der Waals surface area contributed by atoms with Crippen molar-refractivity contribution in [3.05, 3.63) is 60.6 Å². The van der Waals surface area contributed by atoms with Crippen LogP contribution in [0.1, 0.15) is 37.1 Å². The van der Waals surface area contributed by atoms with Crippen LogP contribution in [0.4, 0.5) is 0 Å². The predicted molar refractivity (Wildman–Crippen MR) is 123 cm³/mol. The molecule has 0 spiro atoms. The molecule has 0 aliphatic heterocycles. The zero-order valence-electron chi connectivity index (χ0n) is 17.3. The topological polar surface area (TPSA) is 67.2 Å². The van der Waals surface area contributed by atoms with Gasteiger partial charge in [-0.25, -0.2) is 0 Å². The van der Waals surface area contributed by atoms with E-state index in [4.69, 9.17) is 0 Å². The SMILES string of the molecule is B[C@H](C(=O)NCCCCCCn1ccc2cc(O)ccc21)[C@H](B)c1cccnc1. The second kappa shape index (κ2) is 10.2. The van der Waals surface area contributed by atoms with Crippen molar-refractivity contribution < 1.29 is 9.90 Å². The van der Waals surface area contributed by atoms with Gasteiger partial charge in [0.1, 0.15) is 21.4 Å². The highest BCUT2D eigenvalue weighted by atomic mass is 16.3. The van der Waals surface area contributed by atoms with E-state index in [1.807, 2.05) is 38.3 Å². The molecule has 0 saturated carbocycles. The van der Waals surface area contributed by atoms with Gasteiger partial charge in [0.05, 0.1) is 0 Å². The van der Waals surface area contributed by atoms with Crippen LogP contribution in [-0.4, -0.2) is 42.8 Å². The number of pyridine rings is 1. The number of aromatic nitrogens is 2. The zero-order chi connectivity index (χ0) is 20.6. The summed E-state index contributed by atoms with van der Waals surface area (Å²) in [5.41, 5.74) is 2.26. The Kier molecular flexibility index (Phi) is 7.39. The minimum Gasteiger partial charge on any atom is -0.508 e. The van der Waals surface area contributed by atoms with Gasteiger partial charge in [-0.2, -0.15) is 0 Å². The Morgan fingerprint density at radius 3 is 2.76 bits per heavy atom. The summed E-state index contributed by atoms with van der Waals surface area (Å²) in [5, 5.41) is 13.7. The number of amides is 1. The number of phenolic OH excluding ortho intramolecular Hbond substituents is 1. The van der Waals surface area contributed by atoms with Crippen molar-refractivity contribution in [1.29, 1.82) is 0 Å². The molecule has 3 aromatic rings. The molecule has 3 rings (SSSR count). The van der Waals surface area contributed by atoms with Gasteiger partial charge in [0.25, 0.3) is 0 Å². The minimum atomic E-state index is -0.0688. The normalized spacial score (nSPS) is 13.2. The molecule has 2 aromatic heterocycles. The first-order valence-corrected chi connectivity index (χ1v) is 10.5. The molecule has 0 bridgehead atoms. The van der Waals surface area contributed by atoms with E-state index in [1.54, 1.807) is 18.3 Å². The Labute approximate surface area is 174 Å². The van der Waals surface area contributed by atoms with E-state index in [0.717, 1.165) is 55.2 Å². The third-order valence-electron chi connectivity index (χ3n) is 5.75. The van der Waals surface area contributed by atoms with Gasteiger partial charge in [-0.15, -0.1) is 0 Å². The fourth-order valence-corrected chi connectivity index (χ4v) is 3.68. The van der Waals surface area contributed by atoms with Crippen molar-refractivity contribution in [3.8, 4) is 5.75 Å². The van der Waals surface area contributed by atoms with Gasteiger partial charge in [0, 0.05) is 48.4 Å². The highest BCUT2D eigenvalue weighted by molar-refractivity contribution is 6.30. The molecule has 7 heteroatoms. The third-order valence-corrected chi connectivity index (χ3v) is 5.75. The Morgan fingerprint density at radius 1 is 1.14 bits per heavy atom. The molecular weight excluding hydrogens is 360 g/mol. The third kappa shape index (κ3) is 5.66. The number of carbonyl (C=O) groups is 1. The number of aromatic hydroxyl groups is 1. The molecule has 2 atom stereocenters. The van der Waals surface area contributed by atoms with Crippen LogP contribution in [0.2, 0.25) is 5.82 Å². The number of nitrogens with zero attached hydrogens (tertiary/aromatic N) is 2. The molecule has 0 unspecified atom stereocenters. The van der Waals surface area contributed by atoms with Gasteiger partial charge < -0.3 is 15.0 Å². The fraction of sp³-hybridized carbons (Fsp3) is 0.364. The Hall–Kier alpha value is -2.69. The number of hydrogen-bond donors (Lipinski definition) is 2. The number of nitrogens with one attached hydrogen (secondary N) is 1. The summed E-state index contributed by atoms with van der Waals surface area (Å²) in [6.07, 6.45) is 10.0. The highest BCUT2D eigenvalue weighted by Crippen LogP contribution is 2.23. The predicted octanol–water partition coefficient (Wildman–Crippen LogP) is 2.21. The van der Waals surface area contributed by atoms with Crippen LogP contribution in [-0.2, 0) is 11.3 Å². The van der Waals surface area contributed by atoms with Gasteiger partial charge in [-0.1, -0.05) is 18.9 Å². The number of unbranched alkanes of at least 4 members (excludes halogenated alkanes) is 3. The quantitative estimate of drug-likeness (QED) is 0.413. The molecule has 0 radical (unpaired) electrons. The van der Waals surface area contributed by atoms with Gasteiger partial charge in [0.15, 0.2) is 0 Å². The monoisotopic (exact) mass is 389 g/mol. The molecule has 0 saturated heterocycles. The lowest BCUT2D eigenvalue weighted by atomic mass is 9.63. The van der Waals surface area contributed by atoms with E-state index >= 15 is 0 Å². The van der Waals surface area contributed by atoms with Crippen molar-refractivity contribution in [2.75, 3.05) is 6.54 Å². The summed E-state index contributed by atoms with van der Waals surface area (Å²) in [5.74, 6) is 0.507. The molecule has 2 N–H and O–H groups in total. The van der Waals surface area contributed by atoms with Gasteiger partial charge in [0.2, 0.25) is 5.91 Å². The van der Waals surface area contributed by atoms with E-state index < -0.39 is 0 Å². The summed E-state index contributed by atoms with van der Waals surface area (Å²) < 4.78 is 2.23. The summed E-state index contributed by atoms with van der Waals surface area (Å²) in [6, 6.07) is 11.5. The molecule has 0 aliphatic rings. The number of carbonyl (C=O) groups excluding carboxylic acids is 1. The van der Waals surface area contributed by atoms with Crippen LogP contribution in [0.3, 0.4) is 0 Å². The summed E-state index contributed by atoms with van der Waals surface area (Å²) in [7, 11) is 4.06. The Bertz CT molecular complexity index is 930. The first-order chi connectivity index (χ1) is 14.1. The van der Waals surface area contributed by atoms with Gasteiger partial charge in [-0.3, -0.25) is 9.78 Å². The average molecular weight is 389 g/mol. The van der Waals surface area contributed by atoms with Crippen LogP contribution in [0, 0.1) is 0 Å². The van der Waals surface area contributed by atoms with E-state index in [2.05, 4.69) is 28.9 Å². The van der Waals surface area contributed by atoms with Crippen LogP contribution in [0.25, 0.3) is 10.9 Å². The number of hydrogen-bond acceptors (Lipinski definition) is 3. The molecular formula is C22H29B2N3O2. The summed E-state index contributed by atoms with van der Waals surface area (Å²) in [4.78, 5) is 16.5. The van der Waals surface area contributed by atoms with Crippen LogP contribution < -0.4 is 5.32 Å². The lowest BCUT2D eigenvalue weighted by molar-refractivity contribution is -0.121. The van der Waals surface area contributed by atoms with Crippen molar-refractivity contribution in [2.45, 2.75) is 43.9 Å². The van der Waals surface area contributed by atoms with Crippen molar-refractivity contribution in [1.82, 2.24) is 14.9 Å². The molecule has 5 nitrogen and oxygen atoms in total. The maximum atomic E-state index is 12.4. The molecule has 29 heavy (non-hydrogen) atoms. The number of phenols is 1. The second-order valence-corrected chi connectivity index (χ2v) is 7.82. The van der Waals surface area contributed by atoms with Crippen molar-refractivity contribution in [3.63, 3.8) is 0 Å². The van der Waals surface area contributed by atoms with E-state index in [-0.39, 0.29) is 17.5 Å². The Balaban J connectivity index is 1.32. The number of benzene rings is 1. The van der Waals surface area contributed by atoms with Crippen LogP contribution >= 0.6 is 0 Å².